The predicted octanol–water partition coefficient (Wildman–Crippen LogP) is 5.56. The number of rotatable bonds is 12. The van der Waals surface area contributed by atoms with Crippen molar-refractivity contribution in [3.8, 4) is 0 Å². The Bertz CT molecular complexity index is 619. The van der Waals surface area contributed by atoms with Gasteiger partial charge in [0.2, 0.25) is 0 Å². The fourth-order valence-electron chi connectivity index (χ4n) is 3.41. The Kier molecular flexibility index (Phi) is 10.6. The number of hydrogen-bond acceptors (Lipinski definition) is 6. The predicted molar refractivity (Wildman–Crippen MR) is 122 cm³/mol. The van der Waals surface area contributed by atoms with Gasteiger partial charge in [-0.05, 0) is 93.9 Å². The molecule has 0 saturated carbocycles. The summed E-state index contributed by atoms with van der Waals surface area (Å²) in [6.45, 7) is 21.5. The third-order valence-corrected chi connectivity index (χ3v) is 4.37. The fourth-order valence-corrected chi connectivity index (χ4v) is 3.41. The van der Waals surface area contributed by atoms with Gasteiger partial charge in [0.15, 0.2) is 0 Å². The van der Waals surface area contributed by atoms with E-state index in [4.69, 9.17) is 19.6 Å². The average Bonchev–Trinajstić information content (AvgIpc) is 2.53. The maximum Gasteiger partial charge on any atom is 0.332 e. The first-order valence-corrected chi connectivity index (χ1v) is 11.0. The molecule has 2 unspecified atom stereocenters. The quantitative estimate of drug-likeness (QED) is 0.221. The molecule has 32 heavy (non-hydrogen) atoms. The second-order valence-electron chi connectivity index (χ2n) is 11.7. The van der Waals surface area contributed by atoms with E-state index in [-0.39, 0.29) is 24.0 Å². The van der Waals surface area contributed by atoms with Crippen molar-refractivity contribution in [1.29, 1.82) is 0 Å². The Balaban J connectivity index is 5.84. The van der Waals surface area contributed by atoms with Crippen molar-refractivity contribution in [1.82, 2.24) is 0 Å². The molecule has 188 valence electrons. The normalized spacial score (nSPS) is 16.4. The van der Waals surface area contributed by atoms with E-state index in [0.717, 1.165) is 0 Å². The van der Waals surface area contributed by atoms with Crippen molar-refractivity contribution in [3.05, 3.63) is 11.1 Å². The van der Waals surface area contributed by atoms with Gasteiger partial charge in [-0.1, -0.05) is 13.8 Å². The Morgan fingerprint density at radius 1 is 0.594 bits per heavy atom. The van der Waals surface area contributed by atoms with Crippen LogP contribution in [0.1, 0.15) is 95.9 Å². The third kappa shape index (κ3) is 11.9. The molecule has 8 nitrogen and oxygen atoms in total. The molecule has 0 aliphatic carbocycles. The largest absolute Gasteiger partial charge is 0.478 e. The minimum Gasteiger partial charge on any atom is -0.478 e. The molecule has 0 heterocycles. The summed E-state index contributed by atoms with van der Waals surface area (Å²) in [7, 11) is 0. The topological polar surface area (TPSA) is 112 Å². The van der Waals surface area contributed by atoms with Crippen molar-refractivity contribution in [2.75, 3.05) is 0 Å². The van der Waals surface area contributed by atoms with Crippen LogP contribution in [0.25, 0.3) is 0 Å². The van der Waals surface area contributed by atoms with Crippen LogP contribution in [0.3, 0.4) is 0 Å². The Morgan fingerprint density at radius 2 is 0.844 bits per heavy atom. The van der Waals surface area contributed by atoms with Crippen LogP contribution in [0.5, 0.6) is 0 Å². The smallest absolute Gasteiger partial charge is 0.332 e. The number of carbonyl (C=O) groups is 2. The molecule has 2 N–H and O–H groups in total. The zero-order valence-corrected chi connectivity index (χ0v) is 21.9. The molecular weight excluding hydrogens is 416 g/mol. The standard InChI is InChI=1S/C24H44O8/c1-15(13-23(9,10)31-29-21(3,4)5)17(19(25)26)18(20(27)28)16(2)14-24(11,12)32-30-22(6,7)8/h15-16H,13-14H2,1-12H3,(H,25,26)(H,27,28). The summed E-state index contributed by atoms with van der Waals surface area (Å²) in [5.74, 6) is -3.73. The minimum atomic E-state index is -1.26. The maximum atomic E-state index is 12.2. The molecule has 0 aromatic rings. The van der Waals surface area contributed by atoms with Gasteiger partial charge in [-0.2, -0.15) is 0 Å². The highest BCUT2D eigenvalue weighted by atomic mass is 17.2. The third-order valence-electron chi connectivity index (χ3n) is 4.37. The average molecular weight is 461 g/mol. The monoisotopic (exact) mass is 460 g/mol. The maximum absolute atomic E-state index is 12.2. The number of carboxylic acids is 2. The molecule has 8 heteroatoms. The first kappa shape index (κ1) is 30.5. The summed E-state index contributed by atoms with van der Waals surface area (Å²) in [6.07, 6.45) is 0.502. The highest BCUT2D eigenvalue weighted by Gasteiger charge is 2.36. The molecule has 0 fully saturated rings. The molecule has 0 amide bonds. The zero-order chi connectivity index (χ0) is 25.7. The van der Waals surface area contributed by atoms with Crippen LogP contribution in [0.15, 0.2) is 11.1 Å². The van der Waals surface area contributed by atoms with E-state index >= 15 is 0 Å². The highest BCUT2D eigenvalue weighted by molar-refractivity contribution is 5.99. The van der Waals surface area contributed by atoms with Gasteiger partial charge in [0.05, 0.1) is 33.6 Å². The molecule has 0 aliphatic heterocycles. The summed E-state index contributed by atoms with van der Waals surface area (Å²) in [5, 5.41) is 19.9. The van der Waals surface area contributed by atoms with Crippen LogP contribution in [0, 0.1) is 11.8 Å². The van der Waals surface area contributed by atoms with Crippen LogP contribution >= 0.6 is 0 Å². The van der Waals surface area contributed by atoms with E-state index < -0.39 is 46.2 Å². The number of carboxylic acid groups (broad SMARTS) is 2. The number of hydrogen-bond donors (Lipinski definition) is 2. The lowest BCUT2D eigenvalue weighted by atomic mass is 9.80. The summed E-state index contributed by atoms with van der Waals surface area (Å²) in [6, 6.07) is 0. The van der Waals surface area contributed by atoms with Crippen LogP contribution in [0.4, 0.5) is 0 Å². The first-order valence-electron chi connectivity index (χ1n) is 11.0. The molecule has 0 rings (SSSR count). The molecular formula is C24H44O8. The van der Waals surface area contributed by atoms with Crippen LogP contribution in [0.2, 0.25) is 0 Å². The lowest BCUT2D eigenvalue weighted by Gasteiger charge is -2.33. The van der Waals surface area contributed by atoms with E-state index in [2.05, 4.69) is 0 Å². The van der Waals surface area contributed by atoms with Gasteiger partial charge in [-0.15, -0.1) is 0 Å². The van der Waals surface area contributed by atoms with E-state index in [1.807, 2.05) is 41.5 Å². The summed E-state index contributed by atoms with van der Waals surface area (Å²) >= 11 is 0. The van der Waals surface area contributed by atoms with Gasteiger partial charge in [0, 0.05) is 0 Å². The van der Waals surface area contributed by atoms with Crippen molar-refractivity contribution in [2.24, 2.45) is 11.8 Å². The molecule has 0 bridgehead atoms. The van der Waals surface area contributed by atoms with Gasteiger partial charge in [-0.3, -0.25) is 0 Å². The Labute approximate surface area is 193 Å². The van der Waals surface area contributed by atoms with Crippen molar-refractivity contribution >= 4 is 11.9 Å². The van der Waals surface area contributed by atoms with E-state index in [1.54, 1.807) is 41.5 Å². The van der Waals surface area contributed by atoms with E-state index in [1.165, 1.54) is 0 Å². The second kappa shape index (κ2) is 11.1. The summed E-state index contributed by atoms with van der Waals surface area (Å²) in [5.41, 5.74) is -3.03. The van der Waals surface area contributed by atoms with Gasteiger partial charge < -0.3 is 10.2 Å². The van der Waals surface area contributed by atoms with Crippen molar-refractivity contribution in [3.63, 3.8) is 0 Å². The van der Waals surface area contributed by atoms with Gasteiger partial charge in [-0.25, -0.2) is 29.1 Å². The zero-order valence-electron chi connectivity index (χ0n) is 21.9. The Hall–Kier alpha value is -1.48. The van der Waals surface area contributed by atoms with E-state index in [0.29, 0.717) is 0 Å². The fraction of sp³-hybridized carbons (Fsp3) is 0.833. The summed E-state index contributed by atoms with van der Waals surface area (Å²) in [4.78, 5) is 46.2. The summed E-state index contributed by atoms with van der Waals surface area (Å²) < 4.78 is 0. The van der Waals surface area contributed by atoms with Gasteiger partial charge >= 0.3 is 11.9 Å². The lowest BCUT2D eigenvalue weighted by molar-refractivity contribution is -0.399. The van der Waals surface area contributed by atoms with Crippen LogP contribution in [-0.4, -0.2) is 44.6 Å². The second-order valence-corrected chi connectivity index (χ2v) is 11.7. The van der Waals surface area contributed by atoms with E-state index in [9.17, 15) is 19.8 Å². The molecule has 2 atom stereocenters. The van der Waals surface area contributed by atoms with Crippen LogP contribution in [-0.2, 0) is 29.1 Å². The molecule has 0 aromatic heterocycles. The van der Waals surface area contributed by atoms with Crippen molar-refractivity contribution < 1.29 is 39.4 Å². The van der Waals surface area contributed by atoms with Crippen molar-refractivity contribution in [2.45, 2.75) is 118 Å². The molecule has 0 aromatic carbocycles. The minimum absolute atomic E-state index is 0.148. The van der Waals surface area contributed by atoms with Gasteiger partial charge in [0.25, 0.3) is 0 Å². The van der Waals surface area contributed by atoms with Gasteiger partial charge in [0.1, 0.15) is 0 Å². The molecule has 0 aliphatic rings. The highest BCUT2D eigenvalue weighted by Crippen LogP contribution is 2.34. The number of aliphatic carboxylic acids is 2. The molecule has 0 saturated heterocycles. The Morgan fingerprint density at radius 3 is 1.03 bits per heavy atom. The lowest BCUT2D eigenvalue weighted by Crippen LogP contribution is -2.35. The SMILES string of the molecule is CC(CC(C)(C)OOC(C)(C)C)C(C(=O)O)=C(C(=O)O)C(C)CC(C)(C)OOC(C)(C)C. The first-order chi connectivity index (χ1) is 14.1. The molecule has 0 spiro atoms. The molecule has 0 radical (unpaired) electrons. The van der Waals surface area contributed by atoms with Crippen LogP contribution < -0.4 is 0 Å².